The predicted octanol–water partition coefficient (Wildman–Crippen LogP) is 2.37. The first-order valence-electron chi connectivity index (χ1n) is 10.6. The van der Waals surface area contributed by atoms with Gasteiger partial charge in [0, 0.05) is 43.3 Å². The van der Waals surface area contributed by atoms with Crippen LogP contribution >= 0.6 is 11.6 Å². The molecule has 1 aromatic heterocycles. The molecule has 2 heterocycles. The summed E-state index contributed by atoms with van der Waals surface area (Å²) in [6, 6.07) is 6.89. The van der Waals surface area contributed by atoms with E-state index in [0.29, 0.717) is 48.9 Å². The number of hydrogen-bond acceptors (Lipinski definition) is 6. The Bertz CT molecular complexity index is 994. The van der Waals surface area contributed by atoms with E-state index < -0.39 is 18.1 Å². The zero-order chi connectivity index (χ0) is 22.8. The van der Waals surface area contributed by atoms with Crippen LogP contribution in [0.4, 0.5) is 10.6 Å². The van der Waals surface area contributed by atoms with Crippen molar-refractivity contribution in [3.63, 3.8) is 0 Å². The second kappa shape index (κ2) is 9.30. The Labute approximate surface area is 191 Å². The molecule has 1 aliphatic heterocycles. The van der Waals surface area contributed by atoms with Gasteiger partial charge in [0.15, 0.2) is 0 Å². The average Bonchev–Trinajstić information content (AvgIpc) is 3.08. The Kier molecular flexibility index (Phi) is 6.48. The molecule has 170 valence electrons. The number of fused-ring (bicyclic) bond motifs is 1. The highest BCUT2D eigenvalue weighted by Gasteiger charge is 2.35. The van der Waals surface area contributed by atoms with Crippen molar-refractivity contribution in [2.75, 3.05) is 37.6 Å². The summed E-state index contributed by atoms with van der Waals surface area (Å²) >= 11 is 5.97. The van der Waals surface area contributed by atoms with E-state index in [4.69, 9.17) is 16.7 Å². The summed E-state index contributed by atoms with van der Waals surface area (Å²) in [5.41, 5.74) is 2.40. The van der Waals surface area contributed by atoms with E-state index in [0.717, 1.165) is 11.4 Å². The van der Waals surface area contributed by atoms with Crippen LogP contribution in [0.15, 0.2) is 30.6 Å². The van der Waals surface area contributed by atoms with E-state index in [1.54, 1.807) is 29.2 Å². The average molecular weight is 460 g/mol. The van der Waals surface area contributed by atoms with Crippen LogP contribution in [-0.4, -0.2) is 69.8 Å². The SMILES string of the molecule is CC1C[C@@H](O)c2ncnc(N3CCN(C(=O)[C@@H](CNC(=O)O)c4ccc(Cl)cc4)CC3)c21. The van der Waals surface area contributed by atoms with Crippen molar-refractivity contribution in [1.82, 2.24) is 20.2 Å². The fourth-order valence-electron chi connectivity index (χ4n) is 4.55. The van der Waals surface area contributed by atoms with Crippen LogP contribution in [0, 0.1) is 0 Å². The van der Waals surface area contributed by atoms with Crippen molar-refractivity contribution in [1.29, 1.82) is 0 Å². The first kappa shape index (κ1) is 22.3. The van der Waals surface area contributed by atoms with Gasteiger partial charge in [-0.2, -0.15) is 0 Å². The summed E-state index contributed by atoms with van der Waals surface area (Å²) in [7, 11) is 0. The topological polar surface area (TPSA) is 119 Å². The second-order valence-electron chi connectivity index (χ2n) is 8.25. The molecule has 1 aliphatic carbocycles. The third kappa shape index (κ3) is 4.49. The van der Waals surface area contributed by atoms with E-state index in [-0.39, 0.29) is 18.4 Å². The molecule has 1 unspecified atom stereocenters. The molecule has 32 heavy (non-hydrogen) atoms. The zero-order valence-corrected chi connectivity index (χ0v) is 18.5. The molecule has 3 atom stereocenters. The molecular formula is C22H26ClN5O4. The molecule has 1 aromatic carbocycles. The van der Waals surface area contributed by atoms with Crippen molar-refractivity contribution in [3.05, 3.63) is 52.4 Å². The fourth-order valence-corrected chi connectivity index (χ4v) is 4.67. The molecule has 0 bridgehead atoms. The largest absolute Gasteiger partial charge is 0.465 e. The fraction of sp³-hybridized carbons (Fsp3) is 0.455. The minimum absolute atomic E-state index is 0.00909. The number of piperazine rings is 1. The van der Waals surface area contributed by atoms with Gasteiger partial charge in [0.25, 0.3) is 0 Å². The van der Waals surface area contributed by atoms with Crippen LogP contribution in [0.2, 0.25) is 5.02 Å². The summed E-state index contributed by atoms with van der Waals surface area (Å²) in [5.74, 6) is 0.242. The van der Waals surface area contributed by atoms with Gasteiger partial charge in [-0.1, -0.05) is 30.7 Å². The molecule has 4 rings (SSSR count). The minimum atomic E-state index is -1.17. The quantitative estimate of drug-likeness (QED) is 0.628. The highest BCUT2D eigenvalue weighted by Crippen LogP contribution is 2.42. The van der Waals surface area contributed by atoms with Crippen molar-refractivity contribution in [2.24, 2.45) is 0 Å². The first-order chi connectivity index (χ1) is 15.3. The van der Waals surface area contributed by atoms with Crippen LogP contribution < -0.4 is 10.2 Å². The Morgan fingerprint density at radius 3 is 2.53 bits per heavy atom. The van der Waals surface area contributed by atoms with Gasteiger partial charge < -0.3 is 25.3 Å². The lowest BCUT2D eigenvalue weighted by Gasteiger charge is -2.38. The maximum atomic E-state index is 13.3. The third-order valence-electron chi connectivity index (χ3n) is 6.20. The Morgan fingerprint density at radius 2 is 1.88 bits per heavy atom. The van der Waals surface area contributed by atoms with Gasteiger partial charge in [-0.15, -0.1) is 0 Å². The Morgan fingerprint density at radius 1 is 1.19 bits per heavy atom. The number of amides is 2. The Balaban J connectivity index is 1.47. The summed E-state index contributed by atoms with van der Waals surface area (Å²) in [4.78, 5) is 37.0. The summed E-state index contributed by atoms with van der Waals surface area (Å²) in [5, 5.41) is 22.2. The predicted molar refractivity (Wildman–Crippen MR) is 119 cm³/mol. The number of halogens is 1. The summed E-state index contributed by atoms with van der Waals surface area (Å²) in [6.45, 7) is 4.23. The van der Waals surface area contributed by atoms with E-state index >= 15 is 0 Å². The number of aromatic nitrogens is 2. The number of carbonyl (C=O) groups is 2. The Hall–Kier alpha value is -2.91. The minimum Gasteiger partial charge on any atom is -0.465 e. The number of carbonyl (C=O) groups excluding carboxylic acids is 1. The van der Waals surface area contributed by atoms with Crippen LogP contribution in [0.25, 0.3) is 0 Å². The van der Waals surface area contributed by atoms with E-state index in [1.807, 2.05) is 0 Å². The van der Waals surface area contributed by atoms with Gasteiger partial charge in [0.1, 0.15) is 12.1 Å². The highest BCUT2D eigenvalue weighted by atomic mass is 35.5. The van der Waals surface area contributed by atoms with Crippen LogP contribution in [0.3, 0.4) is 0 Å². The van der Waals surface area contributed by atoms with Crippen molar-refractivity contribution in [3.8, 4) is 0 Å². The van der Waals surface area contributed by atoms with Gasteiger partial charge in [-0.25, -0.2) is 14.8 Å². The van der Waals surface area contributed by atoms with Crippen LogP contribution in [-0.2, 0) is 4.79 Å². The van der Waals surface area contributed by atoms with Crippen LogP contribution in [0.5, 0.6) is 0 Å². The molecular weight excluding hydrogens is 434 g/mol. The van der Waals surface area contributed by atoms with Gasteiger partial charge in [-0.3, -0.25) is 4.79 Å². The molecule has 2 aliphatic rings. The number of nitrogens with one attached hydrogen (secondary N) is 1. The number of aliphatic hydroxyl groups is 1. The number of anilines is 1. The van der Waals surface area contributed by atoms with Crippen molar-refractivity contribution < 1.29 is 19.8 Å². The molecule has 10 heteroatoms. The second-order valence-corrected chi connectivity index (χ2v) is 8.69. The number of carboxylic acid groups (broad SMARTS) is 1. The van der Waals surface area contributed by atoms with Gasteiger partial charge in [0.2, 0.25) is 5.91 Å². The lowest BCUT2D eigenvalue weighted by atomic mass is 9.97. The van der Waals surface area contributed by atoms with E-state index in [1.165, 1.54) is 6.33 Å². The normalized spacial score (nSPS) is 21.2. The number of nitrogens with zero attached hydrogens (tertiary/aromatic N) is 4. The summed E-state index contributed by atoms with van der Waals surface area (Å²) in [6.07, 6.45) is 0.391. The zero-order valence-electron chi connectivity index (χ0n) is 17.7. The van der Waals surface area contributed by atoms with Gasteiger partial charge in [0.05, 0.1) is 17.7 Å². The van der Waals surface area contributed by atoms with Gasteiger partial charge >= 0.3 is 6.09 Å². The van der Waals surface area contributed by atoms with Gasteiger partial charge in [-0.05, 0) is 30.0 Å². The monoisotopic (exact) mass is 459 g/mol. The van der Waals surface area contributed by atoms with E-state index in [9.17, 15) is 14.7 Å². The molecule has 9 nitrogen and oxygen atoms in total. The molecule has 1 saturated heterocycles. The first-order valence-corrected chi connectivity index (χ1v) is 11.0. The number of aliphatic hydroxyl groups excluding tert-OH is 1. The summed E-state index contributed by atoms with van der Waals surface area (Å²) < 4.78 is 0. The molecule has 0 saturated carbocycles. The van der Waals surface area contributed by atoms with Crippen LogP contribution in [0.1, 0.15) is 48.1 Å². The maximum Gasteiger partial charge on any atom is 0.404 e. The number of rotatable bonds is 5. The van der Waals surface area contributed by atoms with Crippen molar-refractivity contribution >= 4 is 29.4 Å². The maximum absolute atomic E-state index is 13.3. The molecule has 2 amide bonds. The smallest absolute Gasteiger partial charge is 0.404 e. The third-order valence-corrected chi connectivity index (χ3v) is 6.45. The molecule has 1 fully saturated rings. The molecule has 2 aromatic rings. The lowest BCUT2D eigenvalue weighted by molar-refractivity contribution is -0.133. The molecule has 3 N–H and O–H groups in total. The van der Waals surface area contributed by atoms with Crippen molar-refractivity contribution in [2.45, 2.75) is 31.3 Å². The lowest BCUT2D eigenvalue weighted by Crippen LogP contribution is -2.51. The standard InChI is InChI=1S/C22H26ClN5O4/c1-13-10-17(29)19-18(13)20(26-12-25-19)27-6-8-28(9-7-27)21(30)16(11-24-22(31)32)14-2-4-15(23)5-3-14/h2-5,12-13,16-17,24,29H,6-11H2,1H3,(H,31,32)/t13?,16-,17+/m0/s1. The molecule has 0 spiro atoms. The highest BCUT2D eigenvalue weighted by molar-refractivity contribution is 6.30. The van der Waals surface area contributed by atoms with E-state index in [2.05, 4.69) is 27.1 Å². The number of hydrogen-bond donors (Lipinski definition) is 3. The number of benzene rings is 1. The molecule has 0 radical (unpaired) electrons.